The maximum Gasteiger partial charge on any atom is 0.265 e. The van der Waals surface area contributed by atoms with Crippen LogP contribution in [0, 0.1) is 13.8 Å². The van der Waals surface area contributed by atoms with Crippen LogP contribution in [-0.2, 0) is 6.54 Å². The Kier molecular flexibility index (Phi) is 5.03. The van der Waals surface area contributed by atoms with Gasteiger partial charge in [0, 0.05) is 16.6 Å². The number of rotatable bonds is 5. The average molecular weight is 404 g/mol. The molecule has 2 aromatic heterocycles. The summed E-state index contributed by atoms with van der Waals surface area (Å²) in [5.74, 6) is -0.219. The van der Waals surface area contributed by atoms with Gasteiger partial charge in [0.05, 0.1) is 17.1 Å². The third-order valence-electron chi connectivity index (χ3n) is 4.81. The van der Waals surface area contributed by atoms with Gasteiger partial charge in [0.1, 0.15) is 4.83 Å². The third kappa shape index (κ3) is 3.98. The lowest BCUT2D eigenvalue weighted by Crippen LogP contribution is -2.10. The minimum atomic E-state index is -0.187. The molecule has 146 valence electrons. The van der Waals surface area contributed by atoms with Gasteiger partial charge in [-0.05, 0) is 44.5 Å². The van der Waals surface area contributed by atoms with Gasteiger partial charge in [0.25, 0.3) is 5.91 Å². The molecule has 1 amide bonds. The largest absolute Gasteiger partial charge is 0.321 e. The molecule has 5 nitrogen and oxygen atoms in total. The van der Waals surface area contributed by atoms with Gasteiger partial charge >= 0.3 is 0 Å². The third-order valence-corrected chi connectivity index (χ3v) is 5.96. The highest BCUT2D eigenvalue weighted by Crippen LogP contribution is 2.29. The van der Waals surface area contributed by atoms with Crippen molar-refractivity contribution >= 4 is 38.9 Å². The van der Waals surface area contributed by atoms with Crippen molar-refractivity contribution in [1.82, 2.24) is 9.78 Å². The van der Waals surface area contributed by atoms with E-state index in [0.29, 0.717) is 22.7 Å². The summed E-state index contributed by atoms with van der Waals surface area (Å²) in [7, 11) is 0. The van der Waals surface area contributed by atoms with E-state index in [1.807, 2.05) is 17.7 Å². The number of hydrogen-bond acceptors (Lipinski definition) is 4. The fourth-order valence-electron chi connectivity index (χ4n) is 3.21. The van der Waals surface area contributed by atoms with E-state index in [-0.39, 0.29) is 11.7 Å². The summed E-state index contributed by atoms with van der Waals surface area (Å²) < 4.78 is 1.95. The summed E-state index contributed by atoms with van der Waals surface area (Å²) >= 11 is 1.43. The lowest BCUT2D eigenvalue weighted by atomic mass is 10.1. The molecule has 0 spiro atoms. The van der Waals surface area contributed by atoms with Gasteiger partial charge in [-0.2, -0.15) is 5.10 Å². The van der Waals surface area contributed by atoms with Gasteiger partial charge in [-0.15, -0.1) is 11.3 Å². The van der Waals surface area contributed by atoms with Crippen molar-refractivity contribution in [2.75, 3.05) is 5.32 Å². The Morgan fingerprint density at radius 3 is 2.55 bits per heavy atom. The average Bonchev–Trinajstić information content (AvgIpc) is 3.25. The molecule has 6 heteroatoms. The van der Waals surface area contributed by atoms with Crippen molar-refractivity contribution in [1.29, 1.82) is 0 Å². The number of ketones is 1. The highest BCUT2D eigenvalue weighted by atomic mass is 32.1. The number of nitrogens with one attached hydrogen (secondary N) is 1. The number of fused-ring (bicyclic) bond motifs is 1. The fraction of sp³-hybridized carbons (Fsp3) is 0.174. The number of carbonyl (C=O) groups excluding carboxylic acids is 2. The molecule has 0 radical (unpaired) electrons. The number of hydrogen-bond donors (Lipinski definition) is 1. The summed E-state index contributed by atoms with van der Waals surface area (Å²) in [4.78, 5) is 25.9. The number of aryl methyl sites for hydroxylation is 2. The molecule has 0 unspecified atom stereocenters. The molecule has 0 aliphatic heterocycles. The topological polar surface area (TPSA) is 64.0 Å². The second kappa shape index (κ2) is 7.64. The van der Waals surface area contributed by atoms with Crippen LogP contribution in [0.5, 0.6) is 0 Å². The second-order valence-electron chi connectivity index (χ2n) is 7.15. The summed E-state index contributed by atoms with van der Waals surface area (Å²) in [6.45, 7) is 6.19. The highest BCUT2D eigenvalue weighted by molar-refractivity contribution is 7.20. The van der Waals surface area contributed by atoms with Gasteiger partial charge in [-0.3, -0.25) is 14.3 Å². The minimum absolute atomic E-state index is 0.0326. The van der Waals surface area contributed by atoms with Gasteiger partial charge in [0.2, 0.25) is 0 Å². The van der Waals surface area contributed by atoms with Crippen LogP contribution in [0.4, 0.5) is 5.69 Å². The predicted octanol–water partition coefficient (Wildman–Crippen LogP) is 5.22. The smallest absolute Gasteiger partial charge is 0.265 e. The molecule has 4 rings (SSSR count). The van der Waals surface area contributed by atoms with E-state index in [0.717, 1.165) is 15.9 Å². The standard InChI is InChI=1S/C23H21N3O2S/c1-14-7-9-17(10-8-14)13-26-23-20(15(2)25-26)12-21(29-23)22(28)24-19-6-4-5-18(11-19)16(3)27/h4-12H,13H2,1-3H3,(H,24,28). The zero-order chi connectivity index (χ0) is 20.5. The Morgan fingerprint density at radius 2 is 1.83 bits per heavy atom. The number of amides is 1. The van der Waals surface area contributed by atoms with Gasteiger partial charge in [-0.1, -0.05) is 42.0 Å². The molecule has 1 N–H and O–H groups in total. The van der Waals surface area contributed by atoms with Crippen LogP contribution in [0.25, 0.3) is 10.2 Å². The minimum Gasteiger partial charge on any atom is -0.321 e. The first-order valence-electron chi connectivity index (χ1n) is 9.35. The first kappa shape index (κ1) is 19.1. The van der Waals surface area contributed by atoms with Crippen LogP contribution in [0.15, 0.2) is 54.6 Å². The number of Topliss-reactive ketones (excluding diaryl/α,β-unsaturated/α-hetero) is 1. The first-order valence-corrected chi connectivity index (χ1v) is 10.2. The SMILES string of the molecule is CC(=O)c1cccc(NC(=O)c2cc3c(C)nn(Cc4ccc(C)cc4)c3s2)c1. The molecular formula is C23H21N3O2S. The van der Waals surface area contributed by atoms with Crippen molar-refractivity contribution in [3.63, 3.8) is 0 Å². The second-order valence-corrected chi connectivity index (χ2v) is 8.18. The van der Waals surface area contributed by atoms with E-state index in [1.54, 1.807) is 24.3 Å². The number of carbonyl (C=O) groups is 2. The molecule has 0 aliphatic rings. The number of aromatic nitrogens is 2. The lowest BCUT2D eigenvalue weighted by Gasteiger charge is -2.05. The Bertz CT molecular complexity index is 1220. The fourth-order valence-corrected chi connectivity index (χ4v) is 4.26. The van der Waals surface area contributed by atoms with Crippen LogP contribution in [-0.4, -0.2) is 21.5 Å². The van der Waals surface area contributed by atoms with E-state index in [1.165, 1.54) is 29.4 Å². The monoisotopic (exact) mass is 403 g/mol. The van der Waals surface area contributed by atoms with Crippen molar-refractivity contribution in [3.8, 4) is 0 Å². The Hall–Kier alpha value is -3.25. The number of thiophene rings is 1. The van der Waals surface area contributed by atoms with Crippen molar-refractivity contribution in [3.05, 3.63) is 81.9 Å². The Morgan fingerprint density at radius 1 is 1.07 bits per heavy atom. The molecule has 4 aromatic rings. The van der Waals surface area contributed by atoms with Crippen molar-refractivity contribution in [2.24, 2.45) is 0 Å². The number of benzene rings is 2. The van der Waals surface area contributed by atoms with Crippen LogP contribution in [0.3, 0.4) is 0 Å². The summed E-state index contributed by atoms with van der Waals surface area (Å²) in [5.41, 5.74) is 4.47. The zero-order valence-electron chi connectivity index (χ0n) is 16.5. The van der Waals surface area contributed by atoms with E-state index < -0.39 is 0 Å². The molecule has 0 saturated heterocycles. The van der Waals surface area contributed by atoms with Crippen LogP contribution >= 0.6 is 11.3 Å². The van der Waals surface area contributed by atoms with Gasteiger partial charge in [-0.25, -0.2) is 0 Å². The quantitative estimate of drug-likeness (QED) is 0.465. The highest BCUT2D eigenvalue weighted by Gasteiger charge is 2.17. The molecule has 2 aromatic carbocycles. The molecule has 2 heterocycles. The maximum absolute atomic E-state index is 12.8. The van der Waals surface area contributed by atoms with Gasteiger partial charge < -0.3 is 5.32 Å². The first-order chi connectivity index (χ1) is 13.9. The lowest BCUT2D eigenvalue weighted by molar-refractivity contribution is 0.101. The summed E-state index contributed by atoms with van der Waals surface area (Å²) in [6, 6.07) is 17.2. The molecule has 29 heavy (non-hydrogen) atoms. The normalized spacial score (nSPS) is 11.0. The van der Waals surface area contributed by atoms with Crippen molar-refractivity contribution in [2.45, 2.75) is 27.3 Å². The molecular weight excluding hydrogens is 382 g/mol. The van der Waals surface area contributed by atoms with Crippen LogP contribution in [0.2, 0.25) is 0 Å². The molecule has 0 fully saturated rings. The Balaban J connectivity index is 1.60. The molecule has 0 bridgehead atoms. The summed E-state index contributed by atoms with van der Waals surface area (Å²) in [6.07, 6.45) is 0. The van der Waals surface area contributed by atoms with E-state index >= 15 is 0 Å². The van der Waals surface area contributed by atoms with Gasteiger partial charge in [0.15, 0.2) is 5.78 Å². The van der Waals surface area contributed by atoms with Crippen LogP contribution in [0.1, 0.15) is 43.8 Å². The molecule has 0 atom stereocenters. The van der Waals surface area contributed by atoms with E-state index in [4.69, 9.17) is 0 Å². The number of anilines is 1. The summed E-state index contributed by atoms with van der Waals surface area (Å²) in [5, 5.41) is 8.52. The zero-order valence-corrected chi connectivity index (χ0v) is 17.3. The van der Waals surface area contributed by atoms with E-state index in [2.05, 4.69) is 41.6 Å². The maximum atomic E-state index is 12.8. The molecule has 0 aliphatic carbocycles. The molecule has 0 saturated carbocycles. The predicted molar refractivity (Wildman–Crippen MR) is 117 cm³/mol. The Labute approximate surface area is 173 Å². The number of nitrogens with zero attached hydrogens (tertiary/aromatic N) is 2. The van der Waals surface area contributed by atoms with Crippen molar-refractivity contribution < 1.29 is 9.59 Å². The van der Waals surface area contributed by atoms with E-state index in [9.17, 15) is 9.59 Å². The van der Waals surface area contributed by atoms with Crippen LogP contribution < -0.4 is 5.32 Å².